The smallest absolute Gasteiger partial charge is 0.163 e. The van der Waals surface area contributed by atoms with E-state index in [1.807, 2.05) is 0 Å². The number of aryl methyl sites for hydroxylation is 2. The van der Waals surface area contributed by atoms with Gasteiger partial charge in [0, 0.05) is 12.0 Å². The largest absolute Gasteiger partial charge is 0.294 e. The van der Waals surface area contributed by atoms with Crippen molar-refractivity contribution < 1.29 is 4.79 Å². The molecule has 0 heterocycles. The summed E-state index contributed by atoms with van der Waals surface area (Å²) >= 11 is 0. The van der Waals surface area contributed by atoms with Gasteiger partial charge in [0.25, 0.3) is 0 Å². The minimum Gasteiger partial charge on any atom is -0.294 e. The van der Waals surface area contributed by atoms with Crippen LogP contribution in [0.5, 0.6) is 0 Å². The molecule has 0 atom stereocenters. The SMILES string of the molecule is CCc1ccc2c(c1)C(=O)CCC2. The van der Waals surface area contributed by atoms with E-state index in [9.17, 15) is 4.79 Å². The van der Waals surface area contributed by atoms with Gasteiger partial charge < -0.3 is 0 Å². The Morgan fingerprint density at radius 3 is 2.92 bits per heavy atom. The molecule has 1 aromatic carbocycles. The monoisotopic (exact) mass is 174 g/mol. The van der Waals surface area contributed by atoms with Crippen molar-refractivity contribution in [2.24, 2.45) is 0 Å². The average Bonchev–Trinajstić information content (AvgIpc) is 2.18. The van der Waals surface area contributed by atoms with Gasteiger partial charge in [-0.25, -0.2) is 0 Å². The van der Waals surface area contributed by atoms with Gasteiger partial charge in [-0.15, -0.1) is 0 Å². The lowest BCUT2D eigenvalue weighted by atomic mass is 9.89. The predicted octanol–water partition coefficient (Wildman–Crippen LogP) is 2.77. The lowest BCUT2D eigenvalue weighted by Crippen LogP contribution is -2.10. The highest BCUT2D eigenvalue weighted by molar-refractivity contribution is 5.98. The van der Waals surface area contributed by atoms with Gasteiger partial charge in [-0.3, -0.25) is 4.79 Å². The summed E-state index contributed by atoms with van der Waals surface area (Å²) in [5.41, 5.74) is 3.49. The van der Waals surface area contributed by atoms with Crippen LogP contribution in [0.4, 0.5) is 0 Å². The third kappa shape index (κ3) is 1.51. The van der Waals surface area contributed by atoms with Crippen molar-refractivity contribution in [2.75, 3.05) is 0 Å². The van der Waals surface area contributed by atoms with Crippen LogP contribution in [0.3, 0.4) is 0 Å². The Morgan fingerprint density at radius 2 is 2.15 bits per heavy atom. The number of carbonyl (C=O) groups excluding carboxylic acids is 1. The maximum absolute atomic E-state index is 11.6. The van der Waals surface area contributed by atoms with E-state index in [1.165, 1.54) is 11.1 Å². The fourth-order valence-electron chi connectivity index (χ4n) is 1.90. The molecule has 1 aromatic rings. The van der Waals surface area contributed by atoms with Gasteiger partial charge in [-0.05, 0) is 36.5 Å². The summed E-state index contributed by atoms with van der Waals surface area (Å²) in [6.45, 7) is 2.12. The second-order valence-corrected chi connectivity index (χ2v) is 3.62. The van der Waals surface area contributed by atoms with Gasteiger partial charge in [0.05, 0.1) is 0 Å². The Balaban J connectivity index is 2.47. The molecule has 0 saturated carbocycles. The van der Waals surface area contributed by atoms with Crippen molar-refractivity contribution in [3.63, 3.8) is 0 Å². The number of fused-ring (bicyclic) bond motifs is 1. The molecule has 0 amide bonds. The van der Waals surface area contributed by atoms with Crippen molar-refractivity contribution in [3.8, 4) is 0 Å². The number of hydrogen-bond acceptors (Lipinski definition) is 1. The molecule has 0 N–H and O–H groups in total. The van der Waals surface area contributed by atoms with Gasteiger partial charge in [0.2, 0.25) is 0 Å². The normalized spacial score (nSPS) is 15.6. The van der Waals surface area contributed by atoms with E-state index in [1.54, 1.807) is 0 Å². The fourth-order valence-corrected chi connectivity index (χ4v) is 1.90. The van der Waals surface area contributed by atoms with Crippen molar-refractivity contribution in [1.82, 2.24) is 0 Å². The minimum atomic E-state index is 0.330. The zero-order valence-corrected chi connectivity index (χ0v) is 7.97. The number of carbonyl (C=O) groups is 1. The van der Waals surface area contributed by atoms with Gasteiger partial charge in [0.1, 0.15) is 0 Å². The molecule has 2 rings (SSSR count). The summed E-state index contributed by atoms with van der Waals surface area (Å²) in [4.78, 5) is 11.6. The van der Waals surface area contributed by atoms with Crippen LogP contribution in [0.2, 0.25) is 0 Å². The van der Waals surface area contributed by atoms with Gasteiger partial charge in [0.15, 0.2) is 5.78 Å². The average molecular weight is 174 g/mol. The lowest BCUT2D eigenvalue weighted by Gasteiger charge is -2.14. The molecule has 0 aromatic heterocycles. The quantitative estimate of drug-likeness (QED) is 0.639. The van der Waals surface area contributed by atoms with E-state index in [4.69, 9.17) is 0 Å². The molecular weight excluding hydrogens is 160 g/mol. The molecule has 0 saturated heterocycles. The van der Waals surface area contributed by atoms with E-state index in [-0.39, 0.29) is 0 Å². The Kier molecular flexibility index (Phi) is 2.17. The summed E-state index contributed by atoms with van der Waals surface area (Å²) in [6, 6.07) is 6.32. The molecule has 0 fully saturated rings. The zero-order chi connectivity index (χ0) is 9.26. The number of hydrogen-bond donors (Lipinski definition) is 0. The van der Waals surface area contributed by atoms with Crippen LogP contribution in [-0.4, -0.2) is 5.78 Å². The Bertz CT molecular complexity index is 339. The summed E-state index contributed by atoms with van der Waals surface area (Å²) in [7, 11) is 0. The summed E-state index contributed by atoms with van der Waals surface area (Å²) in [5.74, 6) is 0.330. The first kappa shape index (κ1) is 8.49. The van der Waals surface area contributed by atoms with Gasteiger partial charge in [-0.1, -0.05) is 19.1 Å². The third-order valence-corrected chi connectivity index (χ3v) is 2.73. The molecular formula is C12H14O. The van der Waals surface area contributed by atoms with E-state index in [0.717, 1.165) is 31.2 Å². The van der Waals surface area contributed by atoms with Crippen LogP contribution in [0.15, 0.2) is 18.2 Å². The molecule has 1 aliphatic rings. The molecule has 1 nitrogen and oxygen atoms in total. The van der Waals surface area contributed by atoms with Crippen molar-refractivity contribution in [2.45, 2.75) is 32.6 Å². The number of Topliss-reactive ketones (excluding diaryl/α,β-unsaturated/α-hetero) is 1. The molecule has 0 unspecified atom stereocenters. The standard InChI is InChI=1S/C12H14O/c1-2-9-6-7-10-4-3-5-12(13)11(10)8-9/h6-8H,2-5H2,1H3. The first-order chi connectivity index (χ1) is 6.31. The van der Waals surface area contributed by atoms with E-state index in [0.29, 0.717) is 5.78 Å². The molecule has 68 valence electrons. The van der Waals surface area contributed by atoms with Crippen LogP contribution in [0.25, 0.3) is 0 Å². The Morgan fingerprint density at radius 1 is 1.31 bits per heavy atom. The van der Waals surface area contributed by atoms with Crippen LogP contribution < -0.4 is 0 Å². The Labute approximate surface area is 78.8 Å². The van der Waals surface area contributed by atoms with E-state index >= 15 is 0 Å². The maximum Gasteiger partial charge on any atom is 0.163 e. The van der Waals surface area contributed by atoms with Gasteiger partial charge in [-0.2, -0.15) is 0 Å². The number of ketones is 1. The second kappa shape index (κ2) is 3.33. The Hall–Kier alpha value is -1.11. The van der Waals surface area contributed by atoms with Crippen LogP contribution in [-0.2, 0) is 12.8 Å². The highest BCUT2D eigenvalue weighted by atomic mass is 16.1. The topological polar surface area (TPSA) is 17.1 Å². The molecule has 13 heavy (non-hydrogen) atoms. The van der Waals surface area contributed by atoms with Crippen molar-refractivity contribution in [3.05, 3.63) is 34.9 Å². The summed E-state index contributed by atoms with van der Waals surface area (Å²) in [5, 5.41) is 0. The van der Waals surface area contributed by atoms with Crippen LogP contribution in [0, 0.1) is 0 Å². The molecule has 0 radical (unpaired) electrons. The van der Waals surface area contributed by atoms with E-state index in [2.05, 4.69) is 25.1 Å². The lowest BCUT2D eigenvalue weighted by molar-refractivity contribution is 0.0972. The van der Waals surface area contributed by atoms with Crippen LogP contribution >= 0.6 is 0 Å². The minimum absolute atomic E-state index is 0.330. The first-order valence-corrected chi connectivity index (χ1v) is 4.96. The molecule has 1 aliphatic carbocycles. The third-order valence-electron chi connectivity index (χ3n) is 2.73. The molecule has 1 heteroatoms. The summed E-state index contributed by atoms with van der Waals surface area (Å²) in [6.07, 6.45) is 3.85. The highest BCUT2D eigenvalue weighted by Gasteiger charge is 2.16. The number of rotatable bonds is 1. The predicted molar refractivity (Wildman–Crippen MR) is 53.1 cm³/mol. The van der Waals surface area contributed by atoms with Crippen molar-refractivity contribution >= 4 is 5.78 Å². The molecule has 0 aliphatic heterocycles. The van der Waals surface area contributed by atoms with Gasteiger partial charge >= 0.3 is 0 Å². The summed E-state index contributed by atoms with van der Waals surface area (Å²) < 4.78 is 0. The molecule has 0 bridgehead atoms. The highest BCUT2D eigenvalue weighted by Crippen LogP contribution is 2.22. The number of benzene rings is 1. The van der Waals surface area contributed by atoms with Crippen LogP contribution in [0.1, 0.15) is 41.3 Å². The molecule has 0 spiro atoms. The van der Waals surface area contributed by atoms with Crippen molar-refractivity contribution in [1.29, 1.82) is 0 Å². The zero-order valence-electron chi connectivity index (χ0n) is 7.97. The second-order valence-electron chi connectivity index (χ2n) is 3.62. The van der Waals surface area contributed by atoms with E-state index < -0.39 is 0 Å². The first-order valence-electron chi connectivity index (χ1n) is 4.96. The fraction of sp³-hybridized carbons (Fsp3) is 0.417. The maximum atomic E-state index is 11.6.